The summed E-state index contributed by atoms with van der Waals surface area (Å²) in [5.41, 5.74) is 6.47. The lowest BCUT2D eigenvalue weighted by molar-refractivity contribution is -0.145. The van der Waals surface area contributed by atoms with Crippen LogP contribution in [-0.2, 0) is 56.3 Å². The van der Waals surface area contributed by atoms with Crippen LogP contribution in [0, 0.1) is 6.92 Å². The highest BCUT2D eigenvalue weighted by atomic mass is 16.5. The molecule has 0 saturated carbocycles. The van der Waals surface area contributed by atoms with Crippen molar-refractivity contribution in [2.24, 2.45) is 0 Å². The molecule has 3 aromatic carbocycles. The van der Waals surface area contributed by atoms with E-state index in [9.17, 15) is 14.4 Å². The van der Waals surface area contributed by atoms with Crippen molar-refractivity contribution in [2.75, 3.05) is 0 Å². The van der Waals surface area contributed by atoms with Crippen molar-refractivity contribution in [1.82, 2.24) is 19.9 Å². The SMILES string of the molecule is Cc1ncc(COC(=O)Cc2c[nH]c3ccccc23)c(COC(=O)Cc2c[nH]c3ccccc23)c1OC(=O)Cc1c[nH]c2ccccc12. The maximum Gasteiger partial charge on any atom is 0.315 e. The number of hydrogen-bond acceptors (Lipinski definition) is 7. The van der Waals surface area contributed by atoms with Gasteiger partial charge in [0, 0.05) is 68.6 Å². The molecule has 10 nitrogen and oxygen atoms in total. The van der Waals surface area contributed by atoms with Crippen molar-refractivity contribution in [3.05, 3.63) is 131 Å². The maximum absolute atomic E-state index is 13.3. The number of para-hydroxylation sites is 3. The Hall–Kier alpha value is -6.16. The van der Waals surface area contributed by atoms with Gasteiger partial charge >= 0.3 is 17.9 Å². The Balaban J connectivity index is 1.11. The number of nitrogens with zero attached hydrogens (tertiary/aromatic N) is 1. The molecule has 3 N–H and O–H groups in total. The van der Waals surface area contributed by atoms with E-state index in [-0.39, 0.29) is 38.2 Å². The van der Waals surface area contributed by atoms with Gasteiger partial charge in [0.1, 0.15) is 13.2 Å². The fourth-order valence-electron chi connectivity index (χ4n) is 5.96. The molecule has 10 heteroatoms. The molecule has 4 aromatic heterocycles. The number of H-pyrrole nitrogens is 3. The van der Waals surface area contributed by atoms with E-state index in [1.54, 1.807) is 31.7 Å². The van der Waals surface area contributed by atoms with Crippen molar-refractivity contribution >= 4 is 50.6 Å². The Kier molecular flexibility index (Phi) is 8.44. The molecule has 0 bridgehead atoms. The quantitative estimate of drug-likeness (QED) is 0.136. The number of carbonyl (C=O) groups is 3. The summed E-state index contributed by atoms with van der Waals surface area (Å²) in [6.45, 7) is 1.34. The van der Waals surface area contributed by atoms with E-state index in [4.69, 9.17) is 14.2 Å². The monoisotopic (exact) mass is 640 g/mol. The fraction of sp³-hybridized carbons (Fsp3) is 0.158. The fourth-order valence-corrected chi connectivity index (χ4v) is 5.96. The van der Waals surface area contributed by atoms with Crippen LogP contribution < -0.4 is 4.74 Å². The van der Waals surface area contributed by atoms with E-state index in [0.29, 0.717) is 16.8 Å². The largest absolute Gasteiger partial charge is 0.460 e. The van der Waals surface area contributed by atoms with Gasteiger partial charge < -0.3 is 29.2 Å². The molecule has 0 fully saturated rings. The second-order valence-electron chi connectivity index (χ2n) is 11.6. The first-order chi connectivity index (χ1) is 23.4. The lowest BCUT2D eigenvalue weighted by Gasteiger charge is -2.17. The van der Waals surface area contributed by atoms with Crippen molar-refractivity contribution in [1.29, 1.82) is 0 Å². The number of rotatable bonds is 11. The third-order valence-corrected chi connectivity index (χ3v) is 8.42. The minimum Gasteiger partial charge on any atom is -0.460 e. The van der Waals surface area contributed by atoms with Gasteiger partial charge in [-0.25, -0.2) is 0 Å². The first-order valence-electron chi connectivity index (χ1n) is 15.6. The number of aromatic nitrogens is 4. The zero-order valence-corrected chi connectivity index (χ0v) is 26.2. The van der Waals surface area contributed by atoms with Crippen LogP contribution >= 0.6 is 0 Å². The number of nitrogens with one attached hydrogen (secondary N) is 3. The minimum atomic E-state index is -0.510. The first kappa shape index (κ1) is 30.5. The average molecular weight is 641 g/mol. The van der Waals surface area contributed by atoms with Crippen LogP contribution in [0.5, 0.6) is 5.75 Å². The minimum absolute atomic E-state index is 0.00702. The highest BCUT2D eigenvalue weighted by Crippen LogP contribution is 2.29. The number of aromatic amines is 3. The molecule has 0 spiro atoms. The predicted octanol–water partition coefficient (Wildman–Crippen LogP) is 6.55. The lowest BCUT2D eigenvalue weighted by Crippen LogP contribution is -2.17. The summed E-state index contributed by atoms with van der Waals surface area (Å²) >= 11 is 0. The number of hydrogen-bond donors (Lipinski definition) is 3. The normalized spacial score (nSPS) is 11.3. The number of pyridine rings is 1. The molecule has 0 saturated heterocycles. The summed E-state index contributed by atoms with van der Waals surface area (Å²) in [6, 6.07) is 23.1. The zero-order chi connectivity index (χ0) is 33.0. The summed E-state index contributed by atoms with van der Waals surface area (Å²) < 4.78 is 17.4. The smallest absolute Gasteiger partial charge is 0.315 e. The van der Waals surface area contributed by atoms with Gasteiger partial charge in [0.05, 0.1) is 25.0 Å². The summed E-state index contributed by atoms with van der Waals surface area (Å²) in [6.07, 6.45) is 7.03. The number of carbonyl (C=O) groups excluding carboxylic acids is 3. The van der Waals surface area contributed by atoms with Crippen molar-refractivity contribution in [3.8, 4) is 5.75 Å². The predicted molar refractivity (Wildman–Crippen MR) is 180 cm³/mol. The third kappa shape index (κ3) is 6.41. The van der Waals surface area contributed by atoms with E-state index in [0.717, 1.165) is 49.4 Å². The molecule has 0 aliphatic carbocycles. The molecule has 7 aromatic rings. The molecule has 0 atom stereocenters. The number of benzene rings is 3. The van der Waals surface area contributed by atoms with Gasteiger partial charge in [-0.05, 0) is 41.8 Å². The second kappa shape index (κ2) is 13.3. The van der Waals surface area contributed by atoms with Crippen LogP contribution in [0.15, 0.2) is 97.6 Å². The third-order valence-electron chi connectivity index (χ3n) is 8.42. The summed E-state index contributed by atoms with van der Waals surface area (Å²) in [5, 5.41) is 2.80. The van der Waals surface area contributed by atoms with Crippen molar-refractivity contribution in [2.45, 2.75) is 39.4 Å². The van der Waals surface area contributed by atoms with E-state index in [1.807, 2.05) is 72.8 Å². The van der Waals surface area contributed by atoms with Gasteiger partial charge in [0.2, 0.25) is 0 Å². The molecule has 0 radical (unpaired) electrons. The van der Waals surface area contributed by atoms with Crippen LogP contribution in [0.2, 0.25) is 0 Å². The molecule has 0 amide bonds. The van der Waals surface area contributed by atoms with Gasteiger partial charge in [0.15, 0.2) is 5.75 Å². The van der Waals surface area contributed by atoms with E-state index in [1.165, 1.54) is 0 Å². The average Bonchev–Trinajstić information content (AvgIpc) is 3.82. The molecule has 0 aliphatic heterocycles. The van der Waals surface area contributed by atoms with E-state index < -0.39 is 17.9 Å². The zero-order valence-electron chi connectivity index (χ0n) is 26.2. The van der Waals surface area contributed by atoms with Crippen LogP contribution in [0.3, 0.4) is 0 Å². The molecule has 0 unspecified atom stereocenters. The Morgan fingerprint density at radius 2 is 1.02 bits per heavy atom. The highest BCUT2D eigenvalue weighted by molar-refractivity contribution is 5.89. The van der Waals surface area contributed by atoms with Crippen LogP contribution in [0.1, 0.15) is 33.5 Å². The van der Waals surface area contributed by atoms with Crippen LogP contribution in [0.25, 0.3) is 32.7 Å². The topological polar surface area (TPSA) is 139 Å². The summed E-state index contributed by atoms with van der Waals surface area (Å²) in [4.78, 5) is 53.3. The Labute approximate surface area is 275 Å². The standard InChI is InChI=1S/C38H32N4O6/c1-23-38(48-37(45)16-26-19-42-34-13-7-4-10-30(26)34)31(22-47-36(44)15-25-18-41-33-12-6-3-9-29(25)33)27(20-39-23)21-46-35(43)14-24-17-40-32-11-5-2-8-28(24)32/h2-13,17-20,40-42H,14-16,21-22H2,1H3. The number of aryl methyl sites for hydroxylation is 1. The number of fused-ring (bicyclic) bond motifs is 3. The highest BCUT2D eigenvalue weighted by Gasteiger charge is 2.22. The lowest BCUT2D eigenvalue weighted by atomic mass is 10.1. The number of ether oxygens (including phenoxy) is 3. The summed E-state index contributed by atoms with van der Waals surface area (Å²) in [7, 11) is 0. The van der Waals surface area contributed by atoms with Gasteiger partial charge in [-0.1, -0.05) is 54.6 Å². The molecular formula is C38H32N4O6. The van der Waals surface area contributed by atoms with Gasteiger partial charge in [-0.15, -0.1) is 0 Å². The van der Waals surface area contributed by atoms with Crippen molar-refractivity contribution < 1.29 is 28.6 Å². The number of esters is 3. The molecule has 0 aliphatic rings. The van der Waals surface area contributed by atoms with Gasteiger partial charge in [0.25, 0.3) is 0 Å². The molecular weight excluding hydrogens is 608 g/mol. The molecule has 48 heavy (non-hydrogen) atoms. The Morgan fingerprint density at radius 1 is 0.583 bits per heavy atom. The van der Waals surface area contributed by atoms with E-state index >= 15 is 0 Å². The Morgan fingerprint density at radius 3 is 1.52 bits per heavy atom. The molecule has 7 rings (SSSR count). The van der Waals surface area contributed by atoms with Gasteiger partial charge in [-0.3, -0.25) is 19.4 Å². The second-order valence-corrected chi connectivity index (χ2v) is 11.6. The molecule has 240 valence electrons. The van der Waals surface area contributed by atoms with Crippen LogP contribution in [0.4, 0.5) is 0 Å². The molecule has 4 heterocycles. The van der Waals surface area contributed by atoms with E-state index in [2.05, 4.69) is 19.9 Å². The summed E-state index contributed by atoms with van der Waals surface area (Å²) in [5.74, 6) is -1.25. The Bertz CT molecular complexity index is 2300. The van der Waals surface area contributed by atoms with Crippen molar-refractivity contribution in [3.63, 3.8) is 0 Å². The van der Waals surface area contributed by atoms with Crippen LogP contribution in [-0.4, -0.2) is 37.8 Å². The first-order valence-corrected chi connectivity index (χ1v) is 15.6. The van der Waals surface area contributed by atoms with Gasteiger partial charge in [-0.2, -0.15) is 0 Å². The maximum atomic E-state index is 13.3.